The molecule has 2 fully saturated rings. The van der Waals surface area contributed by atoms with Crippen LogP contribution in [0.1, 0.15) is 19.8 Å². The molecule has 9 heteroatoms. The molecular weight excluding hydrogens is 358 g/mol. The predicted molar refractivity (Wildman–Crippen MR) is 96.1 cm³/mol. The minimum Gasteiger partial charge on any atom is -0.477 e. The Kier molecular flexibility index (Phi) is 5.32. The number of hydrogen-bond donors (Lipinski definition) is 3. The number of hydrogen-bond acceptors (Lipinski definition) is 6. The predicted octanol–water partition coefficient (Wildman–Crippen LogP) is -0.306. The lowest BCUT2D eigenvalue weighted by atomic mass is 9.80. The summed E-state index contributed by atoms with van der Waals surface area (Å²) in [5, 5.41) is 22.1. The Morgan fingerprint density at radius 1 is 1.38 bits per heavy atom. The van der Waals surface area contributed by atoms with Gasteiger partial charge in [-0.3, -0.25) is 9.59 Å². The van der Waals surface area contributed by atoms with E-state index in [4.69, 9.17) is 0 Å². The van der Waals surface area contributed by atoms with Gasteiger partial charge < -0.3 is 25.3 Å². The topological polar surface area (TPSA) is 110 Å². The zero-order valence-corrected chi connectivity index (χ0v) is 16.0. The molecule has 0 aromatic rings. The summed E-state index contributed by atoms with van der Waals surface area (Å²) >= 11 is 1.47. The van der Waals surface area contributed by atoms with E-state index in [1.807, 2.05) is 6.92 Å². The number of carbonyl (C=O) groups is 3. The van der Waals surface area contributed by atoms with E-state index in [1.54, 1.807) is 19.0 Å². The highest BCUT2D eigenvalue weighted by Gasteiger charge is 2.58. The highest BCUT2D eigenvalue weighted by molar-refractivity contribution is 8.03. The number of carbonyl (C=O) groups excluding carboxylic acids is 2. The van der Waals surface area contributed by atoms with Crippen molar-refractivity contribution in [3.8, 4) is 0 Å². The maximum atomic E-state index is 12.3. The maximum absolute atomic E-state index is 12.3. The molecule has 0 aromatic heterocycles. The molecule has 8 nitrogen and oxygen atoms in total. The second kappa shape index (κ2) is 7.21. The molecule has 3 aliphatic rings. The second-order valence-electron chi connectivity index (χ2n) is 7.29. The van der Waals surface area contributed by atoms with Crippen LogP contribution in [0.15, 0.2) is 10.6 Å². The number of fused-ring (bicyclic) bond motifs is 1. The summed E-state index contributed by atoms with van der Waals surface area (Å²) < 4.78 is 0. The first kappa shape index (κ1) is 19.2. The van der Waals surface area contributed by atoms with E-state index in [1.165, 1.54) is 16.7 Å². The van der Waals surface area contributed by atoms with Crippen molar-refractivity contribution in [1.29, 1.82) is 0 Å². The van der Waals surface area contributed by atoms with Gasteiger partial charge in [-0.25, -0.2) is 4.79 Å². The van der Waals surface area contributed by atoms with Gasteiger partial charge in [0.25, 0.3) is 0 Å². The molecule has 2 amide bonds. The Labute approximate surface area is 156 Å². The number of carboxylic acid groups (broad SMARTS) is 1. The smallest absolute Gasteiger partial charge is 0.353 e. The number of nitrogens with one attached hydrogen (secondary N) is 1. The van der Waals surface area contributed by atoms with E-state index >= 15 is 0 Å². The van der Waals surface area contributed by atoms with Gasteiger partial charge in [-0.05, 0) is 12.8 Å². The van der Waals surface area contributed by atoms with Crippen molar-refractivity contribution in [3.05, 3.63) is 10.6 Å². The highest BCUT2D eigenvalue weighted by Crippen LogP contribution is 2.51. The lowest BCUT2D eigenvalue weighted by Crippen LogP contribution is -2.60. The van der Waals surface area contributed by atoms with E-state index < -0.39 is 5.97 Å². The number of thioether (sulfide) groups is 1. The number of rotatable bonds is 6. The summed E-state index contributed by atoms with van der Waals surface area (Å²) in [5.41, 5.74) is 0.0778. The van der Waals surface area contributed by atoms with Gasteiger partial charge in [0.05, 0.1) is 18.0 Å². The van der Waals surface area contributed by atoms with Crippen LogP contribution in [0.3, 0.4) is 0 Å². The monoisotopic (exact) mass is 383 g/mol. The Morgan fingerprint density at radius 2 is 2.08 bits per heavy atom. The Morgan fingerprint density at radius 3 is 2.65 bits per heavy atom. The number of β-lactam (4-membered cyclic amide) rings is 1. The normalized spacial score (nSPS) is 33.3. The van der Waals surface area contributed by atoms with Crippen molar-refractivity contribution in [3.63, 3.8) is 0 Å². The fourth-order valence-corrected chi connectivity index (χ4v) is 5.65. The molecule has 0 unspecified atom stereocenters. The third-order valence-electron chi connectivity index (χ3n) is 5.43. The molecule has 2 saturated heterocycles. The van der Waals surface area contributed by atoms with Gasteiger partial charge in [0.1, 0.15) is 5.70 Å². The van der Waals surface area contributed by atoms with Crippen LogP contribution >= 0.6 is 11.8 Å². The minimum atomic E-state index is -1.09. The number of likely N-dealkylation sites (N-methyl/N-ethyl adjacent to an activating group) is 1. The molecule has 3 heterocycles. The quantitative estimate of drug-likeness (QED) is 0.540. The molecule has 0 bridgehead atoms. The van der Waals surface area contributed by atoms with Crippen LogP contribution in [-0.4, -0.2) is 82.4 Å². The summed E-state index contributed by atoms with van der Waals surface area (Å²) in [5.74, 6) is -1.68. The maximum Gasteiger partial charge on any atom is 0.353 e. The fourth-order valence-electron chi connectivity index (χ4n) is 4.17. The number of aliphatic carboxylic acids is 1. The van der Waals surface area contributed by atoms with Gasteiger partial charge in [-0.2, -0.15) is 0 Å². The van der Waals surface area contributed by atoms with Crippen molar-refractivity contribution in [2.45, 2.75) is 37.1 Å². The van der Waals surface area contributed by atoms with Gasteiger partial charge in [0.15, 0.2) is 0 Å². The second-order valence-corrected chi connectivity index (χ2v) is 8.64. The lowest BCUT2D eigenvalue weighted by molar-refractivity contribution is -0.157. The summed E-state index contributed by atoms with van der Waals surface area (Å²) in [6, 6.07) is -0.439. The molecule has 3 aliphatic heterocycles. The molecular formula is C17H25N3O5S. The molecule has 3 N–H and O–H groups in total. The third-order valence-corrected chi connectivity index (χ3v) is 6.94. The SMILES string of the molecule is C[C@H]1C(S[C@@H]2CN[C@H](C(=O)N(C)C)C2)=C(C(=O)O)N2C(=O)[C@@H](CCO)[C@@H]12. The summed E-state index contributed by atoms with van der Waals surface area (Å²) in [6.45, 7) is 2.48. The molecule has 0 saturated carbocycles. The van der Waals surface area contributed by atoms with Crippen molar-refractivity contribution < 1.29 is 24.6 Å². The standard InChI is InChI=1S/C17H25N3O5S/c1-8-12-10(4-5-21)15(22)20(12)13(17(24)25)14(8)26-9-6-11(18-7-9)16(23)19(2)3/h8-12,18,21H,4-7H2,1-3H3,(H,24,25)/t8-,9+,10+,11+,12-/m1/s1. The summed E-state index contributed by atoms with van der Waals surface area (Å²) in [7, 11) is 3.43. The minimum absolute atomic E-state index is 0.0158. The number of aliphatic hydroxyl groups excluding tert-OH is 1. The largest absolute Gasteiger partial charge is 0.477 e. The number of aliphatic hydroxyl groups is 1. The first-order valence-corrected chi connectivity index (χ1v) is 9.68. The van der Waals surface area contributed by atoms with Crippen LogP contribution in [0, 0.1) is 11.8 Å². The van der Waals surface area contributed by atoms with Crippen LogP contribution in [0.5, 0.6) is 0 Å². The van der Waals surface area contributed by atoms with Gasteiger partial charge in [-0.1, -0.05) is 6.92 Å². The van der Waals surface area contributed by atoms with Crippen molar-refractivity contribution in [2.24, 2.45) is 11.8 Å². The van der Waals surface area contributed by atoms with E-state index in [0.29, 0.717) is 24.3 Å². The fraction of sp³-hybridized carbons (Fsp3) is 0.706. The van der Waals surface area contributed by atoms with Gasteiger partial charge in [0.2, 0.25) is 11.8 Å². The number of amides is 2. The van der Waals surface area contributed by atoms with Crippen molar-refractivity contribution >= 4 is 29.5 Å². The summed E-state index contributed by atoms with van der Waals surface area (Å²) in [4.78, 5) is 39.9. The first-order chi connectivity index (χ1) is 12.3. The molecule has 26 heavy (non-hydrogen) atoms. The molecule has 144 valence electrons. The van der Waals surface area contributed by atoms with E-state index in [9.17, 15) is 24.6 Å². The van der Waals surface area contributed by atoms with Crippen LogP contribution < -0.4 is 5.32 Å². The highest BCUT2D eigenvalue weighted by atomic mass is 32.2. The Balaban J connectivity index is 1.76. The van der Waals surface area contributed by atoms with Gasteiger partial charge >= 0.3 is 5.97 Å². The molecule has 0 radical (unpaired) electrons. The lowest BCUT2D eigenvalue weighted by Gasteiger charge is -2.45. The zero-order valence-electron chi connectivity index (χ0n) is 15.1. The molecule has 5 atom stereocenters. The van der Waals surface area contributed by atoms with Crippen LogP contribution in [0.25, 0.3) is 0 Å². The molecule has 0 aliphatic carbocycles. The van der Waals surface area contributed by atoms with Gasteiger partial charge in [0, 0.05) is 43.3 Å². The number of carboxylic acids is 1. The molecule has 3 rings (SSSR count). The Hall–Kier alpha value is -1.58. The van der Waals surface area contributed by atoms with E-state index in [0.717, 1.165) is 0 Å². The van der Waals surface area contributed by atoms with E-state index in [2.05, 4.69) is 5.32 Å². The summed E-state index contributed by atoms with van der Waals surface area (Å²) in [6.07, 6.45) is 0.989. The van der Waals surface area contributed by atoms with Crippen LogP contribution in [-0.2, 0) is 14.4 Å². The number of nitrogens with zero attached hydrogens (tertiary/aromatic N) is 2. The van der Waals surface area contributed by atoms with Crippen LogP contribution in [0.4, 0.5) is 0 Å². The van der Waals surface area contributed by atoms with Crippen molar-refractivity contribution in [2.75, 3.05) is 27.2 Å². The molecule has 0 spiro atoms. The van der Waals surface area contributed by atoms with Crippen molar-refractivity contribution in [1.82, 2.24) is 15.1 Å². The average molecular weight is 383 g/mol. The van der Waals surface area contributed by atoms with Crippen LogP contribution in [0.2, 0.25) is 0 Å². The third kappa shape index (κ3) is 3.01. The van der Waals surface area contributed by atoms with E-state index in [-0.39, 0.29) is 53.3 Å². The Bertz CT molecular complexity index is 665. The molecule has 0 aromatic carbocycles. The average Bonchev–Trinajstić information content (AvgIpc) is 3.14. The zero-order chi connectivity index (χ0) is 19.2. The first-order valence-electron chi connectivity index (χ1n) is 8.80. The van der Waals surface area contributed by atoms with Gasteiger partial charge in [-0.15, -0.1) is 11.8 Å².